The van der Waals surface area contributed by atoms with Gasteiger partial charge in [-0.1, -0.05) is 25.0 Å². The summed E-state index contributed by atoms with van der Waals surface area (Å²) in [6, 6.07) is 5.86. The van der Waals surface area contributed by atoms with E-state index in [0.29, 0.717) is 13.0 Å². The smallest absolute Gasteiger partial charge is 0.335 e. The fourth-order valence-corrected chi connectivity index (χ4v) is 5.57. The molecular formula is C21H29FN6O2S. The lowest BCUT2D eigenvalue weighted by Crippen LogP contribution is -2.59. The minimum atomic E-state index is -0.492. The number of rotatable bonds is 6. The van der Waals surface area contributed by atoms with E-state index in [1.54, 1.807) is 27.9 Å². The van der Waals surface area contributed by atoms with Crippen LogP contribution in [0.3, 0.4) is 0 Å². The van der Waals surface area contributed by atoms with Crippen LogP contribution in [0.1, 0.15) is 31.2 Å². The molecule has 1 saturated heterocycles. The first-order valence-electron chi connectivity index (χ1n) is 10.8. The molecule has 3 atom stereocenters. The van der Waals surface area contributed by atoms with Crippen LogP contribution < -0.4 is 11.1 Å². The number of benzene rings is 1. The van der Waals surface area contributed by atoms with Gasteiger partial charge < -0.3 is 11.1 Å². The van der Waals surface area contributed by atoms with Crippen molar-refractivity contribution in [2.45, 2.75) is 44.2 Å². The van der Waals surface area contributed by atoms with Gasteiger partial charge >= 0.3 is 6.03 Å². The fraction of sp³-hybridized carbons (Fsp3) is 0.571. The van der Waals surface area contributed by atoms with Crippen molar-refractivity contribution in [1.82, 2.24) is 19.7 Å². The number of piperazine rings is 1. The van der Waals surface area contributed by atoms with E-state index >= 15 is 0 Å². The zero-order chi connectivity index (χ0) is 21.8. The molecule has 0 unspecified atom stereocenters. The lowest BCUT2D eigenvalue weighted by atomic mass is 9.83. The van der Waals surface area contributed by atoms with Crippen molar-refractivity contribution in [3.05, 3.63) is 35.6 Å². The molecule has 8 nitrogen and oxygen atoms in total. The summed E-state index contributed by atoms with van der Waals surface area (Å²) in [6.45, 7) is 1.79. The largest absolute Gasteiger partial charge is 0.351 e. The van der Waals surface area contributed by atoms with Crippen LogP contribution in [0, 0.1) is 11.7 Å². The Morgan fingerprint density at radius 2 is 2.06 bits per heavy atom. The molecule has 1 aromatic rings. The van der Waals surface area contributed by atoms with Gasteiger partial charge in [-0.05, 0) is 42.9 Å². The fourth-order valence-electron chi connectivity index (χ4n) is 4.84. The molecule has 2 aliphatic heterocycles. The topological polar surface area (TPSA) is 94.3 Å². The Kier molecular flexibility index (Phi) is 6.96. The Hall–Kier alpha value is -2.33. The van der Waals surface area contributed by atoms with Crippen LogP contribution in [0.25, 0.3) is 0 Å². The number of urea groups is 1. The van der Waals surface area contributed by atoms with Crippen molar-refractivity contribution < 1.29 is 14.0 Å². The number of nitrogens with zero attached hydrogens (tertiary/aromatic N) is 4. The highest BCUT2D eigenvalue weighted by Gasteiger charge is 2.38. The van der Waals surface area contributed by atoms with Crippen LogP contribution in [0.15, 0.2) is 29.4 Å². The third-order valence-corrected chi connectivity index (χ3v) is 6.94. The Balaban J connectivity index is 1.42. The SMILES string of the molecule is NC(=O)N([C@@H]1CCCC[C@H]1CN1CC(=O)N[C@@H](Cc2ccc(F)cc2)C1)N1N=CCS1. The molecule has 1 saturated carbocycles. The van der Waals surface area contributed by atoms with Crippen LogP contribution in [-0.2, 0) is 11.2 Å². The number of amides is 3. The summed E-state index contributed by atoms with van der Waals surface area (Å²) in [5, 5.41) is 8.93. The molecule has 3 amide bonds. The summed E-state index contributed by atoms with van der Waals surface area (Å²) >= 11 is 1.46. The third-order valence-electron chi connectivity index (χ3n) is 6.14. The van der Waals surface area contributed by atoms with Crippen LogP contribution in [0.4, 0.5) is 9.18 Å². The molecule has 0 radical (unpaired) electrons. The monoisotopic (exact) mass is 448 g/mol. The number of carbonyl (C=O) groups is 2. The van der Waals surface area contributed by atoms with Gasteiger partial charge in [-0.3, -0.25) is 9.69 Å². The molecule has 168 valence electrons. The first-order valence-corrected chi connectivity index (χ1v) is 11.7. The van der Waals surface area contributed by atoms with E-state index in [1.807, 2.05) is 0 Å². The first kappa shape index (κ1) is 21.9. The van der Waals surface area contributed by atoms with E-state index in [4.69, 9.17) is 5.73 Å². The third kappa shape index (κ3) is 5.48. The lowest BCUT2D eigenvalue weighted by Gasteiger charge is -2.43. The minimum Gasteiger partial charge on any atom is -0.351 e. The number of nitrogens with two attached hydrogens (primary N) is 1. The van der Waals surface area contributed by atoms with Gasteiger partial charge in [-0.25, -0.2) is 14.2 Å². The zero-order valence-electron chi connectivity index (χ0n) is 17.5. The van der Waals surface area contributed by atoms with Crippen molar-refractivity contribution in [1.29, 1.82) is 0 Å². The van der Waals surface area contributed by atoms with Gasteiger partial charge in [0.15, 0.2) is 0 Å². The molecule has 0 spiro atoms. The summed E-state index contributed by atoms with van der Waals surface area (Å²) in [5.41, 5.74) is 6.73. The summed E-state index contributed by atoms with van der Waals surface area (Å²) in [4.78, 5) is 26.8. The van der Waals surface area contributed by atoms with Gasteiger partial charge in [-0.15, -0.1) is 4.52 Å². The molecule has 2 heterocycles. The molecule has 2 fully saturated rings. The number of hydrogen-bond donors (Lipinski definition) is 2. The summed E-state index contributed by atoms with van der Waals surface area (Å²) in [7, 11) is 0. The molecule has 1 aromatic carbocycles. The Bertz CT molecular complexity index is 823. The van der Waals surface area contributed by atoms with E-state index < -0.39 is 6.03 Å². The van der Waals surface area contributed by atoms with Crippen LogP contribution in [-0.4, -0.2) is 70.1 Å². The average Bonchev–Trinajstić information content (AvgIpc) is 3.25. The second kappa shape index (κ2) is 9.86. The predicted molar refractivity (Wildman–Crippen MR) is 118 cm³/mol. The van der Waals surface area contributed by atoms with Gasteiger partial charge in [-0.2, -0.15) is 5.10 Å². The number of carbonyl (C=O) groups excluding carboxylic acids is 2. The van der Waals surface area contributed by atoms with Gasteiger partial charge in [0, 0.05) is 37.3 Å². The van der Waals surface area contributed by atoms with Crippen molar-refractivity contribution in [2.75, 3.05) is 25.4 Å². The molecule has 31 heavy (non-hydrogen) atoms. The van der Waals surface area contributed by atoms with Gasteiger partial charge in [0.1, 0.15) is 5.82 Å². The van der Waals surface area contributed by atoms with E-state index in [1.165, 1.54) is 24.1 Å². The number of primary amides is 1. The first-order chi connectivity index (χ1) is 15.0. The van der Waals surface area contributed by atoms with E-state index in [2.05, 4.69) is 15.3 Å². The molecule has 1 aliphatic carbocycles. The highest BCUT2D eigenvalue weighted by Crippen LogP contribution is 2.33. The van der Waals surface area contributed by atoms with Crippen molar-refractivity contribution in [3.8, 4) is 0 Å². The maximum Gasteiger partial charge on any atom is 0.335 e. The van der Waals surface area contributed by atoms with Crippen LogP contribution in [0.5, 0.6) is 0 Å². The van der Waals surface area contributed by atoms with Crippen molar-refractivity contribution >= 4 is 30.1 Å². The molecule has 3 aliphatic rings. The van der Waals surface area contributed by atoms with Gasteiger partial charge in [0.25, 0.3) is 0 Å². The number of hydrazone groups is 1. The normalized spacial score (nSPS) is 26.7. The summed E-state index contributed by atoms with van der Waals surface area (Å²) in [6.07, 6.45) is 6.43. The van der Waals surface area contributed by atoms with Crippen molar-refractivity contribution in [3.63, 3.8) is 0 Å². The Labute approximate surface area is 186 Å². The Morgan fingerprint density at radius 3 is 2.77 bits per heavy atom. The predicted octanol–water partition coefficient (Wildman–Crippen LogP) is 1.97. The highest BCUT2D eigenvalue weighted by atomic mass is 32.2. The van der Waals surface area contributed by atoms with E-state index in [9.17, 15) is 14.0 Å². The summed E-state index contributed by atoms with van der Waals surface area (Å²) in [5.74, 6) is 0.673. The number of hydrazine groups is 1. The van der Waals surface area contributed by atoms with Crippen molar-refractivity contribution in [2.24, 2.45) is 16.8 Å². The lowest BCUT2D eigenvalue weighted by molar-refractivity contribution is -0.126. The van der Waals surface area contributed by atoms with Crippen LogP contribution >= 0.6 is 11.9 Å². The zero-order valence-corrected chi connectivity index (χ0v) is 18.3. The second-order valence-corrected chi connectivity index (χ2v) is 9.35. The molecule has 0 aromatic heterocycles. The van der Waals surface area contributed by atoms with E-state index in [-0.39, 0.29) is 29.7 Å². The van der Waals surface area contributed by atoms with Gasteiger partial charge in [0.05, 0.1) is 18.3 Å². The maximum absolute atomic E-state index is 13.2. The minimum absolute atomic E-state index is 0.00261. The molecular weight excluding hydrogens is 419 g/mol. The molecule has 4 rings (SSSR count). The van der Waals surface area contributed by atoms with Crippen LogP contribution in [0.2, 0.25) is 0 Å². The average molecular weight is 449 g/mol. The number of nitrogens with one attached hydrogen (secondary N) is 1. The standard InChI is InChI=1S/C21H29FN6O2S/c22-17-7-5-15(6-8-17)11-18-13-26(14-20(29)25-18)12-16-3-1-2-4-19(16)27(21(23)30)28-24-9-10-31-28/h5-9,16,18-19H,1-4,10-14H2,(H2,23,30)(H,25,29)/t16-,18-,19+/m0/s1. The Morgan fingerprint density at radius 1 is 1.29 bits per heavy atom. The highest BCUT2D eigenvalue weighted by molar-refractivity contribution is 7.97. The quantitative estimate of drug-likeness (QED) is 0.649. The number of halogens is 1. The maximum atomic E-state index is 13.2. The second-order valence-electron chi connectivity index (χ2n) is 8.43. The number of hydrogen-bond acceptors (Lipinski definition) is 6. The molecule has 3 N–H and O–H groups in total. The van der Waals surface area contributed by atoms with Gasteiger partial charge in [0.2, 0.25) is 5.91 Å². The van der Waals surface area contributed by atoms with E-state index in [0.717, 1.165) is 50.1 Å². The molecule has 10 heteroatoms. The summed E-state index contributed by atoms with van der Waals surface area (Å²) < 4.78 is 14.8. The molecule has 0 bridgehead atoms.